The number of aromatic nitrogens is 1. The zero-order valence-corrected chi connectivity index (χ0v) is 18.2. The maximum absolute atomic E-state index is 11.0. The van der Waals surface area contributed by atoms with Gasteiger partial charge in [0, 0.05) is 0 Å². The van der Waals surface area contributed by atoms with Crippen molar-refractivity contribution in [1.29, 1.82) is 0 Å². The Balaban J connectivity index is 1.63. The van der Waals surface area contributed by atoms with Crippen molar-refractivity contribution in [1.82, 2.24) is 4.57 Å². The minimum atomic E-state index is 0.178. The summed E-state index contributed by atoms with van der Waals surface area (Å²) in [5, 5.41) is 2.67. The van der Waals surface area contributed by atoms with Gasteiger partial charge in [0.2, 0.25) is 0 Å². The molecule has 2 aromatic carbocycles. The summed E-state index contributed by atoms with van der Waals surface area (Å²) < 4.78 is 7.53. The minimum absolute atomic E-state index is 0.178. The van der Waals surface area contributed by atoms with Gasteiger partial charge in [-0.05, 0) is 0 Å². The third-order valence-corrected chi connectivity index (χ3v) is 10.3. The zero-order valence-electron chi connectivity index (χ0n) is 14.8. The molecule has 0 N–H and O–H groups in total. The number of aryl methyl sites for hydroxylation is 1. The van der Waals surface area contributed by atoms with Crippen LogP contribution in [0.4, 0.5) is 0 Å². The van der Waals surface area contributed by atoms with Crippen LogP contribution in [0, 0.1) is 0 Å². The van der Waals surface area contributed by atoms with Gasteiger partial charge in [0.1, 0.15) is 0 Å². The zero-order chi connectivity index (χ0) is 18.4. The van der Waals surface area contributed by atoms with Crippen LogP contribution in [0.15, 0.2) is 66.7 Å². The van der Waals surface area contributed by atoms with Gasteiger partial charge in [-0.3, -0.25) is 0 Å². The molecule has 3 aromatic heterocycles. The van der Waals surface area contributed by atoms with Gasteiger partial charge in [-0.25, -0.2) is 0 Å². The summed E-state index contributed by atoms with van der Waals surface area (Å²) in [5.41, 5.74) is 3.94. The van der Waals surface area contributed by atoms with Crippen molar-refractivity contribution in [2.24, 2.45) is 0 Å². The molecular formula is C23H17NOSe2. The molecule has 0 bridgehead atoms. The van der Waals surface area contributed by atoms with Crippen LogP contribution in [0.25, 0.3) is 40.7 Å². The molecule has 0 saturated heterocycles. The van der Waals surface area contributed by atoms with E-state index >= 15 is 0 Å². The molecular weight excluding hydrogens is 464 g/mol. The third-order valence-electron chi connectivity index (χ3n) is 4.96. The van der Waals surface area contributed by atoms with Crippen molar-refractivity contribution in [3.8, 4) is 18.9 Å². The van der Waals surface area contributed by atoms with Crippen LogP contribution in [0.2, 0.25) is 0 Å². The van der Waals surface area contributed by atoms with Crippen molar-refractivity contribution in [3.63, 3.8) is 0 Å². The molecule has 0 radical (unpaired) electrons. The first-order valence-electron chi connectivity index (χ1n) is 8.95. The van der Waals surface area contributed by atoms with E-state index in [0.29, 0.717) is 14.5 Å². The third kappa shape index (κ3) is 2.81. The monoisotopic (exact) mass is 483 g/mol. The van der Waals surface area contributed by atoms with Gasteiger partial charge in [-0.15, -0.1) is 0 Å². The second-order valence-corrected chi connectivity index (χ2v) is 11.1. The second kappa shape index (κ2) is 6.82. The Morgan fingerprint density at radius 1 is 0.815 bits per heavy atom. The number of para-hydroxylation sites is 1. The maximum atomic E-state index is 11.0. The summed E-state index contributed by atoms with van der Waals surface area (Å²) >= 11 is 0.480. The van der Waals surface area contributed by atoms with E-state index in [1.165, 1.54) is 40.7 Å². The Kier molecular flexibility index (Phi) is 4.30. The van der Waals surface area contributed by atoms with E-state index in [0.717, 1.165) is 17.3 Å². The fourth-order valence-electron chi connectivity index (χ4n) is 3.72. The summed E-state index contributed by atoms with van der Waals surface area (Å²) in [7, 11) is 0. The number of fused-ring (bicyclic) bond motifs is 3. The summed E-state index contributed by atoms with van der Waals surface area (Å²) in [5.74, 6) is 0. The standard InChI is InChI=1S/C23H17NOSe2/c1-2-24-19-6-4-3-5-17(19)18-13-15(7-9-20(18)24)21-11-12-23(27-21)22-10-8-16(14-25)26-22/h3-14H,2H2,1H3. The van der Waals surface area contributed by atoms with E-state index in [4.69, 9.17) is 0 Å². The summed E-state index contributed by atoms with van der Waals surface area (Å²) in [6, 6.07) is 24.2. The molecule has 5 rings (SSSR count). The Bertz CT molecular complexity index is 1290. The predicted octanol–water partition coefficient (Wildman–Crippen LogP) is 5.07. The van der Waals surface area contributed by atoms with Crippen LogP contribution < -0.4 is 0 Å². The SMILES string of the molecule is CCn1c2ccccc2c2cc(-c3ccc(-c4ccc(C=O)[se]4)[se]3)ccc21. The van der Waals surface area contributed by atoms with Gasteiger partial charge < -0.3 is 0 Å². The first-order valence-corrected chi connectivity index (χ1v) is 12.4. The number of benzene rings is 2. The first kappa shape index (κ1) is 17.0. The molecule has 3 heterocycles. The van der Waals surface area contributed by atoms with E-state index in [1.807, 2.05) is 6.07 Å². The van der Waals surface area contributed by atoms with Crippen LogP contribution in [0.3, 0.4) is 0 Å². The average molecular weight is 481 g/mol. The van der Waals surface area contributed by atoms with Crippen molar-refractivity contribution in [2.75, 3.05) is 0 Å². The van der Waals surface area contributed by atoms with Gasteiger partial charge in [0.15, 0.2) is 0 Å². The van der Waals surface area contributed by atoms with Crippen molar-refractivity contribution < 1.29 is 4.79 Å². The molecule has 0 atom stereocenters. The molecule has 0 amide bonds. The fourth-order valence-corrected chi connectivity index (χ4v) is 8.12. The summed E-state index contributed by atoms with van der Waals surface area (Å²) in [4.78, 5) is 11.0. The van der Waals surface area contributed by atoms with Crippen molar-refractivity contribution in [3.05, 3.63) is 71.2 Å². The molecule has 0 aliphatic rings. The summed E-state index contributed by atoms with van der Waals surface area (Å²) in [6.07, 6.45) is 0.998. The van der Waals surface area contributed by atoms with E-state index < -0.39 is 0 Å². The fraction of sp³-hybridized carbons (Fsp3) is 0.0870. The van der Waals surface area contributed by atoms with E-state index in [9.17, 15) is 4.79 Å². The van der Waals surface area contributed by atoms with E-state index in [1.54, 1.807) is 0 Å². The number of hydrogen-bond acceptors (Lipinski definition) is 1. The Morgan fingerprint density at radius 3 is 2.37 bits per heavy atom. The molecule has 5 aromatic rings. The number of aldehydes is 1. The normalized spacial score (nSPS) is 11.4. The van der Waals surface area contributed by atoms with Gasteiger partial charge in [0.05, 0.1) is 0 Å². The van der Waals surface area contributed by atoms with Gasteiger partial charge in [0.25, 0.3) is 0 Å². The number of nitrogens with zero attached hydrogens (tertiary/aromatic N) is 1. The number of carbonyl (C=O) groups is 1. The van der Waals surface area contributed by atoms with E-state index in [-0.39, 0.29) is 14.5 Å². The van der Waals surface area contributed by atoms with Crippen molar-refractivity contribution >= 4 is 57.1 Å². The van der Waals surface area contributed by atoms with Crippen LogP contribution in [0.1, 0.15) is 16.2 Å². The Labute approximate surface area is 169 Å². The van der Waals surface area contributed by atoms with Crippen LogP contribution >= 0.6 is 0 Å². The Morgan fingerprint density at radius 2 is 1.56 bits per heavy atom. The van der Waals surface area contributed by atoms with E-state index in [2.05, 4.69) is 72.2 Å². The number of hydrogen-bond donors (Lipinski definition) is 0. The van der Waals surface area contributed by atoms with Gasteiger partial charge in [-0.2, -0.15) is 0 Å². The molecule has 0 saturated carbocycles. The Hall–Kier alpha value is -2.09. The molecule has 0 fully saturated rings. The number of carbonyl (C=O) groups excluding carboxylic acids is 1. The topological polar surface area (TPSA) is 22.0 Å². The molecule has 27 heavy (non-hydrogen) atoms. The van der Waals surface area contributed by atoms with Crippen LogP contribution in [-0.2, 0) is 6.54 Å². The molecule has 132 valence electrons. The van der Waals surface area contributed by atoms with Gasteiger partial charge in [-0.1, -0.05) is 0 Å². The number of rotatable bonds is 4. The van der Waals surface area contributed by atoms with Crippen molar-refractivity contribution in [2.45, 2.75) is 13.5 Å². The average Bonchev–Trinajstić information content (AvgIpc) is 3.44. The summed E-state index contributed by atoms with van der Waals surface area (Å²) in [6.45, 7) is 3.18. The second-order valence-electron chi connectivity index (χ2n) is 6.48. The van der Waals surface area contributed by atoms with Crippen LogP contribution in [0.5, 0.6) is 0 Å². The van der Waals surface area contributed by atoms with Gasteiger partial charge >= 0.3 is 170 Å². The molecule has 0 spiro atoms. The molecule has 2 nitrogen and oxygen atoms in total. The molecule has 0 aliphatic carbocycles. The molecule has 0 unspecified atom stereocenters. The van der Waals surface area contributed by atoms with Crippen LogP contribution in [-0.4, -0.2) is 39.9 Å². The molecule has 0 aliphatic heterocycles. The molecule has 4 heteroatoms. The quantitative estimate of drug-likeness (QED) is 0.260. The predicted molar refractivity (Wildman–Crippen MR) is 115 cm³/mol. The first-order chi connectivity index (χ1) is 13.3.